The summed E-state index contributed by atoms with van der Waals surface area (Å²) in [6.45, 7) is 8.67. The first-order valence-corrected chi connectivity index (χ1v) is 8.70. The average Bonchev–Trinajstić information content (AvgIpc) is 2.74. The molecule has 0 aromatic heterocycles. The maximum atomic E-state index is 12.1. The fourth-order valence-corrected chi connectivity index (χ4v) is 3.69. The van der Waals surface area contributed by atoms with Gasteiger partial charge in [-0.15, -0.1) is 0 Å². The first-order valence-electron chi connectivity index (χ1n) is 7.45. The minimum Gasteiger partial charge on any atom is -0.771 e. The van der Waals surface area contributed by atoms with Crippen LogP contribution in [0.3, 0.4) is 0 Å². The lowest BCUT2D eigenvalue weighted by molar-refractivity contribution is 0.0251. The van der Waals surface area contributed by atoms with Crippen LogP contribution in [0.25, 0.3) is 0 Å². The largest absolute Gasteiger partial charge is 0.771 e. The van der Waals surface area contributed by atoms with E-state index in [4.69, 9.17) is 4.74 Å². The molecule has 0 N–H and O–H groups in total. The molecule has 0 aliphatic carbocycles. The van der Waals surface area contributed by atoms with E-state index in [-0.39, 0.29) is 17.4 Å². The summed E-state index contributed by atoms with van der Waals surface area (Å²) in [7, 11) is 0. The van der Waals surface area contributed by atoms with Gasteiger partial charge in [0, 0.05) is 13.1 Å². The van der Waals surface area contributed by atoms with Crippen LogP contribution in [-0.2, 0) is 15.8 Å². The second-order valence-electron chi connectivity index (χ2n) is 7.20. The van der Waals surface area contributed by atoms with Crippen molar-refractivity contribution in [1.29, 1.82) is 0 Å². The summed E-state index contributed by atoms with van der Waals surface area (Å²) in [4.78, 5) is 15.9. The van der Waals surface area contributed by atoms with Crippen LogP contribution in [0, 0.1) is 5.41 Å². The number of piperidine rings is 1. The predicted molar refractivity (Wildman–Crippen MR) is 79.5 cm³/mol. The van der Waals surface area contributed by atoms with Crippen molar-refractivity contribution in [3.8, 4) is 0 Å². The highest BCUT2D eigenvalue weighted by molar-refractivity contribution is 7.79. The summed E-state index contributed by atoms with van der Waals surface area (Å²) in [5.74, 6) is 0.117. The van der Waals surface area contributed by atoms with Crippen LogP contribution in [0.1, 0.15) is 40.0 Å². The molecule has 2 fully saturated rings. The van der Waals surface area contributed by atoms with Crippen LogP contribution >= 0.6 is 0 Å². The lowest BCUT2D eigenvalue weighted by atomic mass is 9.78. The Morgan fingerprint density at radius 2 is 1.81 bits per heavy atom. The maximum Gasteiger partial charge on any atom is 0.410 e. The summed E-state index contributed by atoms with van der Waals surface area (Å²) in [5.41, 5.74) is -0.313. The first-order chi connectivity index (χ1) is 9.69. The zero-order chi connectivity index (χ0) is 15.7. The number of likely N-dealkylation sites (tertiary alicyclic amines) is 2. The number of hydrogen-bond acceptors (Lipinski definition) is 5. The van der Waals surface area contributed by atoms with Crippen molar-refractivity contribution in [3.05, 3.63) is 0 Å². The third-order valence-electron chi connectivity index (χ3n) is 4.29. The zero-order valence-electron chi connectivity index (χ0n) is 13.1. The van der Waals surface area contributed by atoms with Gasteiger partial charge in [0.2, 0.25) is 0 Å². The smallest absolute Gasteiger partial charge is 0.410 e. The molecule has 2 aliphatic rings. The second-order valence-corrected chi connectivity index (χ2v) is 8.07. The van der Waals surface area contributed by atoms with Gasteiger partial charge in [0.05, 0.1) is 5.88 Å². The van der Waals surface area contributed by atoms with E-state index in [9.17, 15) is 13.6 Å². The van der Waals surface area contributed by atoms with Gasteiger partial charge in [-0.1, -0.05) is 0 Å². The van der Waals surface area contributed by atoms with E-state index in [1.165, 1.54) is 0 Å². The van der Waals surface area contributed by atoms with E-state index in [1.807, 2.05) is 25.7 Å². The number of carbonyl (C=O) groups is 1. The van der Waals surface area contributed by atoms with E-state index in [0.717, 1.165) is 45.4 Å². The van der Waals surface area contributed by atoms with Gasteiger partial charge < -0.3 is 14.2 Å². The SMILES string of the molecule is CC(C)(C)OC(=O)N1CCC2(CCN(CS(=O)[O-])CC2)C1. The summed E-state index contributed by atoms with van der Waals surface area (Å²) in [5, 5.41) is 0. The molecule has 21 heavy (non-hydrogen) atoms. The van der Waals surface area contributed by atoms with Gasteiger partial charge in [-0.05, 0) is 69.6 Å². The Balaban J connectivity index is 1.85. The van der Waals surface area contributed by atoms with Crippen LogP contribution in [0.5, 0.6) is 0 Å². The van der Waals surface area contributed by atoms with Crippen molar-refractivity contribution in [2.24, 2.45) is 5.41 Å². The van der Waals surface area contributed by atoms with Gasteiger partial charge >= 0.3 is 6.09 Å². The molecule has 0 saturated carbocycles. The van der Waals surface area contributed by atoms with Crippen LogP contribution < -0.4 is 0 Å². The monoisotopic (exact) mass is 317 g/mol. The van der Waals surface area contributed by atoms with Crippen LogP contribution in [0.2, 0.25) is 0 Å². The molecule has 2 saturated heterocycles. The molecular weight excluding hydrogens is 292 g/mol. The van der Waals surface area contributed by atoms with E-state index in [0.29, 0.717) is 0 Å². The zero-order valence-corrected chi connectivity index (χ0v) is 13.9. The molecule has 1 spiro atoms. The number of rotatable bonds is 2. The Hall–Kier alpha value is -0.660. The molecule has 1 amide bonds. The fraction of sp³-hybridized carbons (Fsp3) is 0.929. The van der Waals surface area contributed by atoms with Crippen molar-refractivity contribution in [2.75, 3.05) is 32.1 Å². The summed E-state index contributed by atoms with van der Waals surface area (Å²) in [6.07, 6.45) is 2.65. The molecular formula is C14H25N2O4S-. The molecule has 6 nitrogen and oxygen atoms in total. The third kappa shape index (κ3) is 4.66. The Morgan fingerprint density at radius 3 is 2.33 bits per heavy atom. The lowest BCUT2D eigenvalue weighted by Gasteiger charge is -2.39. The first kappa shape index (κ1) is 16.7. The topological polar surface area (TPSA) is 72.9 Å². The fourth-order valence-electron chi connectivity index (χ4n) is 3.13. The molecule has 0 aromatic carbocycles. The lowest BCUT2D eigenvalue weighted by Crippen LogP contribution is -2.43. The maximum absolute atomic E-state index is 12.1. The molecule has 2 rings (SSSR count). The normalized spacial score (nSPS) is 24.3. The molecule has 2 aliphatic heterocycles. The van der Waals surface area contributed by atoms with Gasteiger partial charge in [0.25, 0.3) is 0 Å². The summed E-state index contributed by atoms with van der Waals surface area (Å²) >= 11 is -2.01. The summed E-state index contributed by atoms with van der Waals surface area (Å²) < 4.78 is 26.9. The standard InChI is InChI=1S/C14H26N2O4S/c1-13(2,3)20-12(17)16-9-6-14(10-16)4-7-15(8-5-14)11-21(18)19/h4-11H2,1-3H3,(H,18,19)/p-1. The van der Waals surface area contributed by atoms with Crippen molar-refractivity contribution < 1.29 is 18.3 Å². The van der Waals surface area contributed by atoms with E-state index in [1.54, 1.807) is 4.90 Å². The second kappa shape index (κ2) is 6.22. The molecule has 7 heteroatoms. The minimum absolute atomic E-state index is 0.117. The average molecular weight is 317 g/mol. The highest BCUT2D eigenvalue weighted by Crippen LogP contribution is 2.40. The molecule has 0 aromatic rings. The molecule has 1 unspecified atom stereocenters. The number of nitrogens with zero attached hydrogens (tertiary/aromatic N) is 2. The number of amides is 1. The number of ether oxygens (including phenoxy) is 1. The Labute approximate surface area is 129 Å². The van der Waals surface area contributed by atoms with Crippen molar-refractivity contribution >= 4 is 17.2 Å². The third-order valence-corrected chi connectivity index (χ3v) is 4.87. The molecule has 0 radical (unpaired) electrons. The number of carbonyl (C=O) groups excluding carboxylic acids is 1. The number of hydrogen-bond donors (Lipinski definition) is 0. The van der Waals surface area contributed by atoms with Crippen molar-refractivity contribution in [3.63, 3.8) is 0 Å². The van der Waals surface area contributed by atoms with Crippen molar-refractivity contribution in [2.45, 2.75) is 45.6 Å². The predicted octanol–water partition coefficient (Wildman–Crippen LogP) is 1.55. The molecule has 0 bridgehead atoms. The van der Waals surface area contributed by atoms with Gasteiger partial charge in [0.1, 0.15) is 5.60 Å². The Bertz CT molecular complexity index is 414. The van der Waals surface area contributed by atoms with E-state index >= 15 is 0 Å². The van der Waals surface area contributed by atoms with Gasteiger partial charge in [0.15, 0.2) is 0 Å². The van der Waals surface area contributed by atoms with Gasteiger partial charge in [-0.3, -0.25) is 9.11 Å². The Kier molecular flexibility index (Phi) is 4.95. The van der Waals surface area contributed by atoms with Crippen LogP contribution in [0.15, 0.2) is 0 Å². The van der Waals surface area contributed by atoms with E-state index in [2.05, 4.69) is 0 Å². The molecule has 122 valence electrons. The highest BCUT2D eigenvalue weighted by atomic mass is 32.2. The molecule has 1 atom stereocenters. The van der Waals surface area contributed by atoms with E-state index < -0.39 is 16.7 Å². The highest BCUT2D eigenvalue weighted by Gasteiger charge is 2.42. The van der Waals surface area contributed by atoms with Gasteiger partial charge in [-0.2, -0.15) is 0 Å². The summed E-state index contributed by atoms with van der Waals surface area (Å²) in [6, 6.07) is 0. The molecule has 2 heterocycles. The van der Waals surface area contributed by atoms with Gasteiger partial charge in [-0.25, -0.2) is 4.79 Å². The quantitative estimate of drug-likeness (QED) is 0.722. The van der Waals surface area contributed by atoms with Crippen LogP contribution in [0.4, 0.5) is 4.79 Å². The minimum atomic E-state index is -2.01. The van der Waals surface area contributed by atoms with Crippen molar-refractivity contribution in [1.82, 2.24) is 9.80 Å². The van der Waals surface area contributed by atoms with Crippen LogP contribution in [-0.4, -0.2) is 62.3 Å². The Morgan fingerprint density at radius 1 is 1.24 bits per heavy atom.